The molecule has 1 aromatic carbocycles. The molecule has 1 fully saturated rings. The van der Waals surface area contributed by atoms with Crippen molar-refractivity contribution in [2.45, 2.75) is 31.7 Å². The van der Waals surface area contributed by atoms with Crippen LogP contribution in [0.2, 0.25) is 0 Å². The molecule has 3 rings (SSSR count). The van der Waals surface area contributed by atoms with Gasteiger partial charge in [-0.1, -0.05) is 12.1 Å². The quantitative estimate of drug-likeness (QED) is 0.834. The van der Waals surface area contributed by atoms with Gasteiger partial charge in [-0.05, 0) is 50.4 Å². The van der Waals surface area contributed by atoms with Crippen LogP contribution in [0.15, 0.2) is 18.2 Å². The Labute approximate surface area is 97.6 Å². The van der Waals surface area contributed by atoms with E-state index >= 15 is 0 Å². The minimum atomic E-state index is 0.314. The normalized spacial score (nSPS) is 21.0. The first-order valence-corrected chi connectivity index (χ1v) is 6.36. The van der Waals surface area contributed by atoms with Crippen LogP contribution >= 0.6 is 0 Å². The van der Waals surface area contributed by atoms with E-state index in [1.165, 1.54) is 37.1 Å². The lowest BCUT2D eigenvalue weighted by Crippen LogP contribution is -2.24. The van der Waals surface area contributed by atoms with Gasteiger partial charge in [-0.3, -0.25) is 0 Å². The van der Waals surface area contributed by atoms with Gasteiger partial charge in [-0.2, -0.15) is 0 Å². The highest BCUT2D eigenvalue weighted by Gasteiger charge is 2.43. The molecule has 1 aliphatic heterocycles. The summed E-state index contributed by atoms with van der Waals surface area (Å²) in [6.07, 6.45) is 3.80. The average molecular weight is 216 g/mol. The van der Waals surface area contributed by atoms with Crippen molar-refractivity contribution in [2.24, 2.45) is 0 Å². The first-order valence-electron chi connectivity index (χ1n) is 6.36. The van der Waals surface area contributed by atoms with Crippen molar-refractivity contribution in [2.75, 3.05) is 25.0 Å². The highest BCUT2D eigenvalue weighted by Crippen LogP contribution is 2.46. The second kappa shape index (κ2) is 3.49. The Morgan fingerprint density at radius 1 is 1.38 bits per heavy atom. The number of fused-ring (bicyclic) bond motifs is 1. The van der Waals surface area contributed by atoms with Crippen LogP contribution in [0.3, 0.4) is 0 Å². The molecule has 0 bridgehead atoms. The molecular weight excluding hydrogens is 196 g/mol. The Morgan fingerprint density at radius 2 is 2.19 bits per heavy atom. The molecule has 16 heavy (non-hydrogen) atoms. The van der Waals surface area contributed by atoms with Crippen LogP contribution in [0.1, 0.15) is 30.9 Å². The van der Waals surface area contributed by atoms with Crippen molar-refractivity contribution in [3.8, 4) is 0 Å². The van der Waals surface area contributed by atoms with Gasteiger partial charge in [0.05, 0.1) is 0 Å². The highest BCUT2D eigenvalue weighted by atomic mass is 15.1. The van der Waals surface area contributed by atoms with Crippen LogP contribution in [0.4, 0.5) is 5.69 Å². The van der Waals surface area contributed by atoms with Crippen molar-refractivity contribution in [1.29, 1.82) is 0 Å². The van der Waals surface area contributed by atoms with Crippen LogP contribution in [-0.4, -0.2) is 20.1 Å². The zero-order valence-electron chi connectivity index (χ0n) is 10.2. The molecule has 0 amide bonds. The molecule has 1 heterocycles. The van der Waals surface area contributed by atoms with Crippen molar-refractivity contribution >= 4 is 5.69 Å². The Kier molecular flexibility index (Phi) is 2.21. The number of benzene rings is 1. The number of nitrogens with one attached hydrogen (secondary N) is 1. The van der Waals surface area contributed by atoms with Gasteiger partial charge in [0.25, 0.3) is 0 Å². The van der Waals surface area contributed by atoms with E-state index in [-0.39, 0.29) is 0 Å². The first kappa shape index (κ1) is 10.2. The Balaban J connectivity index is 1.95. The van der Waals surface area contributed by atoms with Gasteiger partial charge in [0.1, 0.15) is 0 Å². The van der Waals surface area contributed by atoms with Crippen LogP contribution in [0.25, 0.3) is 0 Å². The fourth-order valence-corrected chi connectivity index (χ4v) is 2.90. The average Bonchev–Trinajstić information content (AvgIpc) is 3.03. The van der Waals surface area contributed by atoms with Gasteiger partial charge < -0.3 is 10.2 Å². The van der Waals surface area contributed by atoms with Crippen molar-refractivity contribution in [3.63, 3.8) is 0 Å². The van der Waals surface area contributed by atoms with Crippen LogP contribution in [0.5, 0.6) is 0 Å². The van der Waals surface area contributed by atoms with Gasteiger partial charge in [-0.25, -0.2) is 0 Å². The predicted octanol–water partition coefficient (Wildman–Crippen LogP) is 2.28. The lowest BCUT2D eigenvalue weighted by molar-refractivity contribution is 0.585. The summed E-state index contributed by atoms with van der Waals surface area (Å²) in [5, 5.41) is 3.47. The predicted molar refractivity (Wildman–Crippen MR) is 68.0 cm³/mol. The summed E-state index contributed by atoms with van der Waals surface area (Å²) in [6, 6.07) is 7.06. The fraction of sp³-hybridized carbons (Fsp3) is 0.571. The van der Waals surface area contributed by atoms with E-state index in [1.807, 2.05) is 0 Å². The Hall–Kier alpha value is -1.02. The largest absolute Gasteiger partial charge is 0.371 e. The molecule has 1 N–H and O–H groups in total. The SMILES string of the molecule is CCN1CCc2cc(C3(NC)CC3)ccc21. The molecule has 1 aliphatic carbocycles. The van der Waals surface area contributed by atoms with Crippen molar-refractivity contribution in [3.05, 3.63) is 29.3 Å². The van der Waals surface area contributed by atoms with Crippen molar-refractivity contribution in [1.82, 2.24) is 5.32 Å². The standard InChI is InChI=1S/C14H20N2/c1-3-16-9-6-11-10-12(4-5-13(11)16)14(15-2)7-8-14/h4-5,10,15H,3,6-9H2,1-2H3. The lowest BCUT2D eigenvalue weighted by atomic mass is 10.0. The van der Waals surface area contributed by atoms with Crippen molar-refractivity contribution < 1.29 is 0 Å². The minimum Gasteiger partial charge on any atom is -0.371 e. The van der Waals surface area contributed by atoms with Gasteiger partial charge in [-0.15, -0.1) is 0 Å². The smallest absolute Gasteiger partial charge is 0.0433 e. The number of hydrogen-bond acceptors (Lipinski definition) is 2. The minimum absolute atomic E-state index is 0.314. The zero-order valence-corrected chi connectivity index (χ0v) is 10.2. The third kappa shape index (κ3) is 1.36. The van der Waals surface area contributed by atoms with E-state index in [2.05, 4.69) is 42.4 Å². The van der Waals surface area contributed by atoms with Gasteiger partial charge in [0, 0.05) is 24.3 Å². The maximum absolute atomic E-state index is 3.47. The molecule has 2 heteroatoms. The third-order valence-electron chi connectivity index (χ3n) is 4.23. The molecule has 0 radical (unpaired) electrons. The summed E-state index contributed by atoms with van der Waals surface area (Å²) in [5.41, 5.74) is 4.81. The number of hydrogen-bond donors (Lipinski definition) is 1. The maximum Gasteiger partial charge on any atom is 0.0433 e. The Morgan fingerprint density at radius 3 is 2.81 bits per heavy atom. The summed E-state index contributed by atoms with van der Waals surface area (Å²) in [4.78, 5) is 2.47. The number of nitrogens with zero attached hydrogens (tertiary/aromatic N) is 1. The first-order chi connectivity index (χ1) is 7.79. The van der Waals surface area contributed by atoms with E-state index in [0.29, 0.717) is 5.54 Å². The zero-order chi connectivity index (χ0) is 11.2. The van der Waals surface area contributed by atoms with Crippen LogP contribution < -0.4 is 10.2 Å². The van der Waals surface area contributed by atoms with E-state index in [1.54, 1.807) is 5.56 Å². The van der Waals surface area contributed by atoms with E-state index in [4.69, 9.17) is 0 Å². The monoisotopic (exact) mass is 216 g/mol. The molecule has 0 atom stereocenters. The molecule has 0 saturated heterocycles. The second-order valence-corrected chi connectivity index (χ2v) is 5.01. The van der Waals surface area contributed by atoms with Crippen LogP contribution in [0, 0.1) is 0 Å². The lowest BCUT2D eigenvalue weighted by Gasteiger charge is -2.19. The fourth-order valence-electron chi connectivity index (χ4n) is 2.90. The molecule has 0 spiro atoms. The molecule has 2 nitrogen and oxygen atoms in total. The molecular formula is C14H20N2. The molecule has 1 aromatic rings. The summed E-state index contributed by atoms with van der Waals surface area (Å²) in [5.74, 6) is 0. The van der Waals surface area contributed by atoms with Gasteiger partial charge in [0.2, 0.25) is 0 Å². The molecule has 1 saturated carbocycles. The second-order valence-electron chi connectivity index (χ2n) is 5.01. The van der Waals surface area contributed by atoms with Gasteiger partial charge >= 0.3 is 0 Å². The molecule has 2 aliphatic rings. The molecule has 0 unspecified atom stereocenters. The van der Waals surface area contributed by atoms with E-state index < -0.39 is 0 Å². The molecule has 86 valence electrons. The molecule has 0 aromatic heterocycles. The van der Waals surface area contributed by atoms with Gasteiger partial charge in [0.15, 0.2) is 0 Å². The van der Waals surface area contributed by atoms with E-state index in [0.717, 1.165) is 6.54 Å². The number of anilines is 1. The summed E-state index contributed by atoms with van der Waals surface area (Å²) in [7, 11) is 2.08. The van der Waals surface area contributed by atoms with Crippen LogP contribution in [-0.2, 0) is 12.0 Å². The highest BCUT2D eigenvalue weighted by molar-refractivity contribution is 5.60. The summed E-state index contributed by atoms with van der Waals surface area (Å²) >= 11 is 0. The summed E-state index contributed by atoms with van der Waals surface area (Å²) < 4.78 is 0. The maximum atomic E-state index is 3.47. The third-order valence-corrected chi connectivity index (χ3v) is 4.23. The summed E-state index contributed by atoms with van der Waals surface area (Å²) in [6.45, 7) is 4.56. The topological polar surface area (TPSA) is 15.3 Å². The van der Waals surface area contributed by atoms with E-state index in [9.17, 15) is 0 Å². The number of likely N-dealkylation sites (N-methyl/N-ethyl adjacent to an activating group) is 1. The Bertz CT molecular complexity index is 407. The number of rotatable bonds is 3.